The Morgan fingerprint density at radius 2 is 1.96 bits per heavy atom. The minimum Gasteiger partial charge on any atom is -0.497 e. The van der Waals surface area contributed by atoms with Crippen molar-refractivity contribution in [2.45, 2.75) is 19.4 Å². The van der Waals surface area contributed by atoms with Crippen LogP contribution in [0.1, 0.15) is 27.8 Å². The van der Waals surface area contributed by atoms with Gasteiger partial charge >= 0.3 is 0 Å². The summed E-state index contributed by atoms with van der Waals surface area (Å²) in [6.07, 6.45) is 1.17. The minimum absolute atomic E-state index is 0.226. The first kappa shape index (κ1) is 17.3. The van der Waals surface area contributed by atoms with Crippen LogP contribution in [-0.2, 0) is 0 Å². The molecule has 1 aromatic carbocycles. The molecule has 24 heavy (non-hydrogen) atoms. The number of methoxy groups -OCH3 is 2. The molecule has 0 aliphatic carbocycles. The lowest BCUT2D eigenvalue weighted by Gasteiger charge is -2.31. The highest BCUT2D eigenvalue weighted by molar-refractivity contribution is 7.12. The first-order chi connectivity index (χ1) is 11.7. The van der Waals surface area contributed by atoms with E-state index in [1.165, 1.54) is 21.7 Å². The standard InChI is InChI=1S/C19H26N2O2S/c1-14-5-8-18(24-14)19(21-11-4-9-20-10-12-21)16-7-6-15(22-2)13-17(16)23-3/h5-8,13,19-20H,4,9-12H2,1-3H3. The van der Waals surface area contributed by atoms with Crippen LogP contribution in [0.5, 0.6) is 11.5 Å². The van der Waals surface area contributed by atoms with Crippen molar-refractivity contribution in [3.63, 3.8) is 0 Å². The fourth-order valence-electron chi connectivity index (χ4n) is 3.30. The summed E-state index contributed by atoms with van der Waals surface area (Å²) in [5.74, 6) is 1.72. The number of aryl methyl sites for hydroxylation is 1. The van der Waals surface area contributed by atoms with Crippen LogP contribution in [-0.4, -0.2) is 45.3 Å². The Hall–Kier alpha value is -1.56. The van der Waals surface area contributed by atoms with Gasteiger partial charge in [-0.2, -0.15) is 0 Å². The Morgan fingerprint density at radius 3 is 2.67 bits per heavy atom. The number of hydrogen-bond donors (Lipinski definition) is 1. The van der Waals surface area contributed by atoms with Crippen molar-refractivity contribution in [1.29, 1.82) is 0 Å². The third-order valence-corrected chi connectivity index (χ3v) is 5.56. The van der Waals surface area contributed by atoms with Gasteiger partial charge in [-0.25, -0.2) is 0 Å². The fraction of sp³-hybridized carbons (Fsp3) is 0.474. The molecule has 0 amide bonds. The fourth-order valence-corrected chi connectivity index (χ4v) is 4.33. The van der Waals surface area contributed by atoms with Crippen LogP contribution in [0.4, 0.5) is 0 Å². The maximum absolute atomic E-state index is 5.70. The Balaban J connectivity index is 2.03. The van der Waals surface area contributed by atoms with E-state index in [0.29, 0.717) is 0 Å². The zero-order valence-corrected chi connectivity index (χ0v) is 15.5. The van der Waals surface area contributed by atoms with Crippen molar-refractivity contribution in [2.75, 3.05) is 40.4 Å². The third-order valence-electron chi connectivity index (χ3n) is 4.51. The maximum Gasteiger partial charge on any atom is 0.127 e. The third kappa shape index (κ3) is 3.74. The second-order valence-electron chi connectivity index (χ2n) is 6.10. The number of rotatable bonds is 5. The Kier molecular flexibility index (Phi) is 5.76. The summed E-state index contributed by atoms with van der Waals surface area (Å²) in [5, 5.41) is 3.50. The molecule has 1 aliphatic heterocycles. The van der Waals surface area contributed by atoms with Crippen molar-refractivity contribution in [3.05, 3.63) is 45.6 Å². The zero-order valence-electron chi connectivity index (χ0n) is 14.7. The van der Waals surface area contributed by atoms with Gasteiger partial charge in [-0.1, -0.05) is 0 Å². The van der Waals surface area contributed by atoms with Crippen LogP contribution in [0.2, 0.25) is 0 Å². The quantitative estimate of drug-likeness (QED) is 0.899. The molecule has 1 N–H and O–H groups in total. The molecular formula is C19H26N2O2S. The average Bonchev–Trinajstić information content (AvgIpc) is 2.86. The molecule has 0 radical (unpaired) electrons. The van der Waals surface area contributed by atoms with Crippen LogP contribution >= 0.6 is 11.3 Å². The highest BCUT2D eigenvalue weighted by Crippen LogP contribution is 2.39. The largest absolute Gasteiger partial charge is 0.497 e. The first-order valence-electron chi connectivity index (χ1n) is 8.46. The predicted molar refractivity (Wildman–Crippen MR) is 99.5 cm³/mol. The van der Waals surface area contributed by atoms with Gasteiger partial charge in [-0.05, 0) is 44.2 Å². The second-order valence-corrected chi connectivity index (χ2v) is 7.42. The molecule has 0 spiro atoms. The molecule has 2 aromatic rings. The van der Waals surface area contributed by atoms with Gasteiger partial charge in [0.25, 0.3) is 0 Å². The number of ether oxygens (including phenoxy) is 2. The molecular weight excluding hydrogens is 320 g/mol. The number of nitrogens with one attached hydrogen (secondary N) is 1. The molecule has 3 rings (SSSR count). The van der Waals surface area contributed by atoms with Gasteiger partial charge in [0.05, 0.1) is 20.3 Å². The lowest BCUT2D eigenvalue weighted by molar-refractivity contribution is 0.239. The Labute approximate surface area is 148 Å². The predicted octanol–water partition coefficient (Wildman–Crippen LogP) is 3.46. The lowest BCUT2D eigenvalue weighted by atomic mass is 10.0. The molecule has 5 heteroatoms. The maximum atomic E-state index is 5.70. The van der Waals surface area contributed by atoms with E-state index in [4.69, 9.17) is 9.47 Å². The average molecular weight is 346 g/mol. The van der Waals surface area contributed by atoms with E-state index in [1.54, 1.807) is 14.2 Å². The van der Waals surface area contributed by atoms with Gasteiger partial charge in [0, 0.05) is 41.0 Å². The van der Waals surface area contributed by atoms with Gasteiger partial charge in [-0.15, -0.1) is 11.3 Å². The molecule has 1 atom stereocenters. The monoisotopic (exact) mass is 346 g/mol. The first-order valence-corrected chi connectivity index (χ1v) is 9.27. The van der Waals surface area contributed by atoms with Crippen LogP contribution in [0.3, 0.4) is 0 Å². The smallest absolute Gasteiger partial charge is 0.127 e. The summed E-state index contributed by atoms with van der Waals surface area (Å²) in [6, 6.07) is 10.9. The molecule has 0 saturated carbocycles. The van der Waals surface area contributed by atoms with Crippen LogP contribution < -0.4 is 14.8 Å². The topological polar surface area (TPSA) is 33.7 Å². The molecule has 130 valence electrons. The molecule has 0 bridgehead atoms. The number of hydrogen-bond acceptors (Lipinski definition) is 5. The van der Waals surface area contributed by atoms with Gasteiger partial charge in [0.1, 0.15) is 11.5 Å². The summed E-state index contributed by atoms with van der Waals surface area (Å²) in [7, 11) is 3.42. The van der Waals surface area contributed by atoms with Crippen LogP contribution in [0.25, 0.3) is 0 Å². The normalized spacial score (nSPS) is 17.3. The summed E-state index contributed by atoms with van der Waals surface area (Å²) in [5.41, 5.74) is 1.21. The second kappa shape index (κ2) is 8.01. The number of nitrogens with zero attached hydrogens (tertiary/aromatic N) is 1. The van der Waals surface area contributed by atoms with E-state index in [-0.39, 0.29) is 6.04 Å². The Bertz CT molecular complexity index is 663. The molecule has 1 aliphatic rings. The van der Waals surface area contributed by atoms with E-state index in [0.717, 1.165) is 37.7 Å². The summed E-state index contributed by atoms with van der Waals surface area (Å²) in [4.78, 5) is 5.28. The van der Waals surface area contributed by atoms with Crippen LogP contribution in [0.15, 0.2) is 30.3 Å². The molecule has 1 unspecified atom stereocenters. The van der Waals surface area contributed by atoms with Gasteiger partial charge in [0.15, 0.2) is 0 Å². The minimum atomic E-state index is 0.226. The van der Waals surface area contributed by atoms with Crippen molar-refractivity contribution in [1.82, 2.24) is 10.2 Å². The highest BCUT2D eigenvalue weighted by atomic mass is 32.1. The van der Waals surface area contributed by atoms with Gasteiger partial charge in [0.2, 0.25) is 0 Å². The van der Waals surface area contributed by atoms with Crippen molar-refractivity contribution >= 4 is 11.3 Å². The lowest BCUT2D eigenvalue weighted by Crippen LogP contribution is -2.32. The van der Waals surface area contributed by atoms with Crippen molar-refractivity contribution in [3.8, 4) is 11.5 Å². The number of benzene rings is 1. The van der Waals surface area contributed by atoms with E-state index in [9.17, 15) is 0 Å². The summed E-state index contributed by atoms with van der Waals surface area (Å²) >= 11 is 1.87. The Morgan fingerprint density at radius 1 is 1.08 bits per heavy atom. The van der Waals surface area contributed by atoms with Gasteiger partial charge in [-0.3, -0.25) is 4.90 Å². The zero-order chi connectivity index (χ0) is 16.9. The van der Waals surface area contributed by atoms with Crippen LogP contribution in [0, 0.1) is 6.92 Å². The summed E-state index contributed by atoms with van der Waals surface area (Å²) in [6.45, 7) is 6.41. The van der Waals surface area contributed by atoms with E-state index >= 15 is 0 Å². The molecule has 1 saturated heterocycles. The van der Waals surface area contributed by atoms with E-state index < -0.39 is 0 Å². The van der Waals surface area contributed by atoms with E-state index in [2.05, 4.69) is 35.3 Å². The molecule has 2 heterocycles. The van der Waals surface area contributed by atoms with E-state index in [1.807, 2.05) is 23.5 Å². The molecule has 1 aromatic heterocycles. The highest BCUT2D eigenvalue weighted by Gasteiger charge is 2.27. The molecule has 1 fully saturated rings. The SMILES string of the molecule is COc1ccc(C(c2ccc(C)s2)N2CCCNCC2)c(OC)c1. The molecule has 4 nitrogen and oxygen atoms in total. The van der Waals surface area contributed by atoms with Gasteiger partial charge < -0.3 is 14.8 Å². The summed E-state index contributed by atoms with van der Waals surface area (Å²) < 4.78 is 11.1. The number of thiophene rings is 1. The van der Waals surface area contributed by atoms with Crippen molar-refractivity contribution in [2.24, 2.45) is 0 Å². The van der Waals surface area contributed by atoms with Crippen molar-refractivity contribution < 1.29 is 9.47 Å².